The molecule has 0 aliphatic rings. The second kappa shape index (κ2) is 9.93. The van der Waals surface area contributed by atoms with Crippen molar-refractivity contribution < 1.29 is 13.6 Å². The van der Waals surface area contributed by atoms with Gasteiger partial charge in [0, 0.05) is 11.7 Å². The second-order valence-corrected chi connectivity index (χ2v) is 4.76. The number of H-pyrrole nitrogens is 1. The lowest BCUT2D eigenvalue weighted by Crippen LogP contribution is -1.94. The van der Waals surface area contributed by atoms with Gasteiger partial charge in [-0.05, 0) is 38.3 Å². The van der Waals surface area contributed by atoms with E-state index in [1.165, 1.54) is 10.9 Å². The highest BCUT2D eigenvalue weighted by Gasteiger charge is 2.07. The fraction of sp³-hybridized carbons (Fsp3) is 0.429. The summed E-state index contributed by atoms with van der Waals surface area (Å²) in [5.74, 6) is 0. The van der Waals surface area contributed by atoms with Gasteiger partial charge in [0.15, 0.2) is 0 Å². The molecule has 0 aliphatic heterocycles. The zero-order valence-corrected chi connectivity index (χ0v) is 12.7. The lowest BCUT2D eigenvalue weighted by atomic mass is 10.3. The van der Waals surface area contributed by atoms with E-state index in [9.17, 15) is 0 Å². The van der Waals surface area contributed by atoms with Gasteiger partial charge in [-0.3, -0.25) is 0 Å². The molecule has 5 heteroatoms. The molecule has 0 fully saturated rings. The summed E-state index contributed by atoms with van der Waals surface area (Å²) in [5.41, 5.74) is 1.21. The maximum Gasteiger partial charge on any atom is 0.332 e. The number of hydrogen-bond acceptors (Lipinski definition) is 3. The Balaban J connectivity index is 0.000000190. The Morgan fingerprint density at radius 2 is 1.47 bits per heavy atom. The Labute approximate surface area is 116 Å². The third-order valence-electron chi connectivity index (χ3n) is 2.17. The first-order valence-corrected chi connectivity index (χ1v) is 7.62. The number of fused-ring (bicyclic) bond motifs is 1. The average molecular weight is 283 g/mol. The molecule has 0 bridgehead atoms. The van der Waals surface area contributed by atoms with Gasteiger partial charge in [0.05, 0.1) is 19.8 Å². The molecular weight excluding hydrogens is 261 g/mol. The number of para-hydroxylation sites is 1. The minimum Gasteiger partial charge on any atom is -0.361 e. The molecule has 2 rings (SSSR count). The van der Waals surface area contributed by atoms with Gasteiger partial charge < -0.3 is 18.6 Å². The molecular formula is C14H22NO3P. The molecule has 1 aromatic carbocycles. The second-order valence-electron chi connectivity index (χ2n) is 3.54. The largest absolute Gasteiger partial charge is 0.361 e. The van der Waals surface area contributed by atoms with Crippen LogP contribution in [-0.2, 0) is 13.6 Å². The van der Waals surface area contributed by atoms with E-state index in [4.69, 9.17) is 13.6 Å². The van der Waals surface area contributed by atoms with Crippen LogP contribution in [0.3, 0.4) is 0 Å². The fourth-order valence-corrected chi connectivity index (χ4v) is 2.28. The SMILES string of the molecule is CCOP(OCC)OCC.c1ccc2[nH]ccc2c1. The van der Waals surface area contributed by atoms with Gasteiger partial charge in [-0.25, -0.2) is 0 Å². The van der Waals surface area contributed by atoms with E-state index >= 15 is 0 Å². The highest BCUT2D eigenvalue weighted by Crippen LogP contribution is 2.38. The van der Waals surface area contributed by atoms with Gasteiger partial charge in [0.2, 0.25) is 0 Å². The van der Waals surface area contributed by atoms with Gasteiger partial charge in [0.25, 0.3) is 0 Å². The first-order chi connectivity index (χ1) is 9.31. The van der Waals surface area contributed by atoms with Crippen molar-refractivity contribution >= 4 is 19.5 Å². The van der Waals surface area contributed by atoms with E-state index < -0.39 is 8.60 Å². The highest BCUT2D eigenvalue weighted by atomic mass is 31.2. The van der Waals surface area contributed by atoms with Crippen LogP contribution in [0.2, 0.25) is 0 Å². The number of aromatic amines is 1. The van der Waals surface area contributed by atoms with Crippen LogP contribution < -0.4 is 0 Å². The first-order valence-electron chi connectivity index (χ1n) is 6.52. The van der Waals surface area contributed by atoms with Crippen molar-refractivity contribution in [3.8, 4) is 0 Å². The zero-order valence-electron chi connectivity index (χ0n) is 11.8. The summed E-state index contributed by atoms with van der Waals surface area (Å²) in [6, 6.07) is 10.3. The van der Waals surface area contributed by atoms with Crippen molar-refractivity contribution in [2.24, 2.45) is 0 Å². The molecule has 1 N–H and O–H groups in total. The molecule has 0 atom stereocenters. The number of benzene rings is 1. The topological polar surface area (TPSA) is 43.5 Å². The van der Waals surface area contributed by atoms with Gasteiger partial charge in [-0.15, -0.1) is 0 Å². The van der Waals surface area contributed by atoms with Crippen LogP contribution in [0.4, 0.5) is 0 Å². The normalized spacial score (nSPS) is 10.5. The number of aromatic nitrogens is 1. The van der Waals surface area contributed by atoms with Crippen molar-refractivity contribution in [2.75, 3.05) is 19.8 Å². The first kappa shape index (κ1) is 16.1. The Kier molecular flexibility index (Phi) is 8.43. The van der Waals surface area contributed by atoms with E-state index in [1.54, 1.807) is 0 Å². The van der Waals surface area contributed by atoms with E-state index in [0.29, 0.717) is 19.8 Å². The van der Waals surface area contributed by atoms with Crippen LogP contribution in [0.5, 0.6) is 0 Å². The third kappa shape index (κ3) is 6.17. The minimum absolute atomic E-state index is 0.645. The molecule has 0 amide bonds. The molecule has 1 heterocycles. The van der Waals surface area contributed by atoms with Crippen molar-refractivity contribution in [3.05, 3.63) is 36.5 Å². The predicted molar refractivity (Wildman–Crippen MR) is 80.1 cm³/mol. The summed E-state index contributed by atoms with van der Waals surface area (Å²) >= 11 is 0. The standard InChI is InChI=1S/C8H7N.C6H15O3P/c1-2-4-8-7(3-1)5-6-9-8;1-4-7-10(8-5-2)9-6-3/h1-6,9H;4-6H2,1-3H3. The fourth-order valence-electron chi connectivity index (χ4n) is 1.42. The Hall–Kier alpha value is -0.930. The smallest absolute Gasteiger partial charge is 0.332 e. The summed E-state index contributed by atoms with van der Waals surface area (Å²) in [6.45, 7) is 7.71. The summed E-state index contributed by atoms with van der Waals surface area (Å²) in [5, 5.41) is 1.28. The van der Waals surface area contributed by atoms with Crippen LogP contribution in [0, 0.1) is 0 Å². The summed E-state index contributed by atoms with van der Waals surface area (Å²) < 4.78 is 15.4. The molecule has 19 heavy (non-hydrogen) atoms. The monoisotopic (exact) mass is 283 g/mol. The predicted octanol–water partition coefficient (Wildman–Crippen LogP) is 4.49. The van der Waals surface area contributed by atoms with Crippen molar-refractivity contribution in [3.63, 3.8) is 0 Å². The summed E-state index contributed by atoms with van der Waals surface area (Å²) in [4.78, 5) is 3.12. The van der Waals surface area contributed by atoms with Crippen LogP contribution in [-0.4, -0.2) is 24.8 Å². The molecule has 0 saturated carbocycles. The number of hydrogen-bond donors (Lipinski definition) is 1. The Morgan fingerprint density at radius 1 is 0.895 bits per heavy atom. The lowest BCUT2D eigenvalue weighted by molar-refractivity contribution is 0.176. The van der Waals surface area contributed by atoms with Crippen molar-refractivity contribution in [1.29, 1.82) is 0 Å². The van der Waals surface area contributed by atoms with E-state index in [2.05, 4.69) is 23.2 Å². The van der Waals surface area contributed by atoms with Crippen LogP contribution in [0.1, 0.15) is 20.8 Å². The lowest BCUT2D eigenvalue weighted by Gasteiger charge is -2.12. The van der Waals surface area contributed by atoms with Gasteiger partial charge in [-0.2, -0.15) is 0 Å². The van der Waals surface area contributed by atoms with E-state index in [0.717, 1.165) is 0 Å². The van der Waals surface area contributed by atoms with Crippen LogP contribution >= 0.6 is 8.60 Å². The minimum atomic E-state index is -1.06. The molecule has 0 saturated heterocycles. The molecule has 4 nitrogen and oxygen atoms in total. The van der Waals surface area contributed by atoms with Gasteiger partial charge in [0.1, 0.15) is 0 Å². The molecule has 106 valence electrons. The Morgan fingerprint density at radius 3 is 2.00 bits per heavy atom. The maximum atomic E-state index is 5.14. The van der Waals surface area contributed by atoms with Crippen LogP contribution in [0.25, 0.3) is 10.9 Å². The molecule has 0 spiro atoms. The highest BCUT2D eigenvalue weighted by molar-refractivity contribution is 7.41. The molecule has 0 aliphatic carbocycles. The molecule has 0 radical (unpaired) electrons. The molecule has 0 unspecified atom stereocenters. The third-order valence-corrected chi connectivity index (χ3v) is 3.57. The van der Waals surface area contributed by atoms with E-state index in [-0.39, 0.29) is 0 Å². The maximum absolute atomic E-state index is 5.14. The van der Waals surface area contributed by atoms with Crippen molar-refractivity contribution in [1.82, 2.24) is 4.98 Å². The Bertz CT molecular complexity index is 402. The average Bonchev–Trinajstić information content (AvgIpc) is 2.89. The molecule has 1 aromatic heterocycles. The summed E-state index contributed by atoms with van der Waals surface area (Å²) in [7, 11) is -1.06. The van der Waals surface area contributed by atoms with E-state index in [1.807, 2.05) is 39.1 Å². The van der Waals surface area contributed by atoms with Crippen LogP contribution in [0.15, 0.2) is 36.5 Å². The number of nitrogens with one attached hydrogen (secondary N) is 1. The quantitative estimate of drug-likeness (QED) is 0.794. The zero-order chi connectivity index (χ0) is 13.9. The number of rotatable bonds is 6. The summed E-state index contributed by atoms with van der Waals surface area (Å²) in [6.07, 6.45) is 1.95. The molecule has 2 aromatic rings. The van der Waals surface area contributed by atoms with Gasteiger partial charge >= 0.3 is 8.60 Å². The van der Waals surface area contributed by atoms with Gasteiger partial charge in [-0.1, -0.05) is 18.2 Å². The van der Waals surface area contributed by atoms with Crippen molar-refractivity contribution in [2.45, 2.75) is 20.8 Å².